The van der Waals surface area contributed by atoms with Crippen molar-refractivity contribution in [2.45, 2.75) is 17.5 Å². The standard InChI is InChI=1S/C9H9ClN4OS/c10-7-4-12-2-1-6(7)5-16-9-14-13-8(3-11)15-9/h1-2,4H,3,5,11H2. The molecule has 0 bridgehead atoms. The predicted octanol–water partition coefficient (Wildman–Crippen LogP) is 1.87. The molecule has 0 aliphatic heterocycles. The first kappa shape index (κ1) is 11.4. The molecule has 2 aromatic rings. The summed E-state index contributed by atoms with van der Waals surface area (Å²) in [6.45, 7) is 0.254. The first-order valence-electron chi connectivity index (χ1n) is 4.53. The molecule has 0 aliphatic rings. The van der Waals surface area contributed by atoms with E-state index in [2.05, 4.69) is 15.2 Å². The van der Waals surface area contributed by atoms with E-state index in [0.29, 0.717) is 21.9 Å². The van der Waals surface area contributed by atoms with Gasteiger partial charge in [0.15, 0.2) is 0 Å². The van der Waals surface area contributed by atoms with Gasteiger partial charge in [0.1, 0.15) is 0 Å². The van der Waals surface area contributed by atoms with Crippen molar-refractivity contribution < 1.29 is 4.42 Å². The van der Waals surface area contributed by atoms with Crippen LogP contribution in [0.15, 0.2) is 28.1 Å². The lowest BCUT2D eigenvalue weighted by molar-refractivity contribution is 0.415. The van der Waals surface area contributed by atoms with Crippen LogP contribution >= 0.6 is 23.4 Å². The summed E-state index contributed by atoms with van der Waals surface area (Å²) in [6.07, 6.45) is 3.30. The Hall–Kier alpha value is -1.11. The summed E-state index contributed by atoms with van der Waals surface area (Å²) in [6, 6.07) is 1.86. The van der Waals surface area contributed by atoms with Crippen LogP contribution in [0.3, 0.4) is 0 Å². The zero-order chi connectivity index (χ0) is 11.4. The Bertz CT molecular complexity index is 476. The van der Waals surface area contributed by atoms with Crippen LogP contribution < -0.4 is 5.73 Å². The van der Waals surface area contributed by atoms with E-state index in [9.17, 15) is 0 Å². The van der Waals surface area contributed by atoms with Crippen LogP contribution in [-0.4, -0.2) is 15.2 Å². The molecule has 2 heterocycles. The predicted molar refractivity (Wildman–Crippen MR) is 61.0 cm³/mol. The van der Waals surface area contributed by atoms with Crippen LogP contribution in [-0.2, 0) is 12.3 Å². The van der Waals surface area contributed by atoms with E-state index in [1.54, 1.807) is 12.4 Å². The minimum atomic E-state index is 0.254. The highest BCUT2D eigenvalue weighted by molar-refractivity contribution is 7.98. The van der Waals surface area contributed by atoms with Gasteiger partial charge in [0.25, 0.3) is 5.22 Å². The van der Waals surface area contributed by atoms with E-state index in [4.69, 9.17) is 21.8 Å². The third-order valence-electron chi connectivity index (χ3n) is 1.83. The number of nitrogens with two attached hydrogens (primary N) is 1. The molecule has 5 nitrogen and oxygen atoms in total. The molecule has 2 rings (SSSR count). The highest BCUT2D eigenvalue weighted by atomic mass is 35.5. The second-order valence-electron chi connectivity index (χ2n) is 2.92. The van der Waals surface area contributed by atoms with Crippen molar-refractivity contribution in [1.29, 1.82) is 0 Å². The van der Waals surface area contributed by atoms with E-state index < -0.39 is 0 Å². The molecule has 0 fully saturated rings. The average molecular weight is 257 g/mol. The topological polar surface area (TPSA) is 77.8 Å². The number of hydrogen-bond acceptors (Lipinski definition) is 6. The minimum Gasteiger partial charge on any atom is -0.415 e. The monoisotopic (exact) mass is 256 g/mol. The molecule has 2 aromatic heterocycles. The van der Waals surface area contributed by atoms with Gasteiger partial charge >= 0.3 is 0 Å². The van der Waals surface area contributed by atoms with Gasteiger partial charge in [-0.1, -0.05) is 23.4 Å². The number of hydrogen-bond donors (Lipinski definition) is 1. The van der Waals surface area contributed by atoms with Gasteiger partial charge in [0, 0.05) is 18.1 Å². The number of thioether (sulfide) groups is 1. The summed E-state index contributed by atoms with van der Waals surface area (Å²) in [5.74, 6) is 1.09. The molecule has 0 aromatic carbocycles. The van der Waals surface area contributed by atoms with Gasteiger partial charge in [-0.3, -0.25) is 4.98 Å². The van der Waals surface area contributed by atoms with Crippen molar-refractivity contribution >= 4 is 23.4 Å². The van der Waals surface area contributed by atoms with E-state index in [-0.39, 0.29) is 6.54 Å². The van der Waals surface area contributed by atoms with Crippen LogP contribution in [0.5, 0.6) is 0 Å². The van der Waals surface area contributed by atoms with Crippen molar-refractivity contribution in [1.82, 2.24) is 15.2 Å². The van der Waals surface area contributed by atoms with Crippen molar-refractivity contribution in [3.63, 3.8) is 0 Å². The van der Waals surface area contributed by atoms with Gasteiger partial charge in [-0.15, -0.1) is 10.2 Å². The molecule has 84 valence electrons. The second-order valence-corrected chi connectivity index (χ2v) is 4.26. The van der Waals surface area contributed by atoms with Crippen LogP contribution in [0, 0.1) is 0 Å². The lowest BCUT2D eigenvalue weighted by atomic mass is 10.3. The van der Waals surface area contributed by atoms with Crippen molar-refractivity contribution in [2.24, 2.45) is 5.73 Å². The zero-order valence-corrected chi connectivity index (χ0v) is 9.83. The van der Waals surface area contributed by atoms with Crippen LogP contribution in [0.2, 0.25) is 5.02 Å². The summed E-state index contributed by atoms with van der Waals surface area (Å²) >= 11 is 7.38. The van der Waals surface area contributed by atoms with Crippen molar-refractivity contribution in [3.8, 4) is 0 Å². The maximum absolute atomic E-state index is 5.96. The molecule has 0 amide bonds. The number of aromatic nitrogens is 3. The Labute approximate surface area is 101 Å². The van der Waals surface area contributed by atoms with E-state index in [1.165, 1.54) is 11.8 Å². The van der Waals surface area contributed by atoms with Crippen molar-refractivity contribution in [3.05, 3.63) is 34.9 Å². The average Bonchev–Trinajstić information content (AvgIpc) is 2.76. The molecule has 0 aliphatic carbocycles. The zero-order valence-electron chi connectivity index (χ0n) is 8.26. The first-order chi connectivity index (χ1) is 7.79. The van der Waals surface area contributed by atoms with Gasteiger partial charge in [0.05, 0.1) is 11.6 Å². The summed E-state index contributed by atoms with van der Waals surface area (Å²) in [7, 11) is 0. The highest BCUT2D eigenvalue weighted by Gasteiger charge is 2.07. The molecule has 0 unspecified atom stereocenters. The summed E-state index contributed by atoms with van der Waals surface area (Å²) in [4.78, 5) is 3.91. The Morgan fingerprint density at radius 3 is 3.00 bits per heavy atom. The molecule has 16 heavy (non-hydrogen) atoms. The minimum absolute atomic E-state index is 0.254. The molecular formula is C9H9ClN4OS. The fraction of sp³-hybridized carbons (Fsp3) is 0.222. The van der Waals surface area contributed by atoms with Gasteiger partial charge in [-0.25, -0.2) is 0 Å². The molecule has 0 spiro atoms. The lowest BCUT2D eigenvalue weighted by Gasteiger charge is -1.99. The molecule has 7 heteroatoms. The fourth-order valence-corrected chi connectivity index (χ4v) is 2.09. The van der Waals surface area contributed by atoms with Crippen LogP contribution in [0.4, 0.5) is 0 Å². The number of rotatable bonds is 4. The Balaban J connectivity index is 1.99. The van der Waals surface area contributed by atoms with E-state index in [0.717, 1.165) is 5.56 Å². The normalized spacial score (nSPS) is 10.6. The first-order valence-corrected chi connectivity index (χ1v) is 5.89. The summed E-state index contributed by atoms with van der Waals surface area (Å²) in [5.41, 5.74) is 6.34. The molecule has 2 N–H and O–H groups in total. The third kappa shape index (κ3) is 2.72. The number of halogens is 1. The SMILES string of the molecule is NCc1nnc(SCc2ccncc2Cl)o1. The summed E-state index contributed by atoms with van der Waals surface area (Å²) in [5, 5.41) is 8.73. The second kappa shape index (κ2) is 5.29. The Morgan fingerprint density at radius 2 is 2.31 bits per heavy atom. The lowest BCUT2D eigenvalue weighted by Crippen LogP contribution is -1.95. The molecule has 0 saturated heterocycles. The molecule has 0 radical (unpaired) electrons. The maximum atomic E-state index is 5.96. The van der Waals surface area contributed by atoms with Gasteiger partial charge in [0.2, 0.25) is 5.89 Å². The number of nitrogens with zero attached hydrogens (tertiary/aromatic N) is 3. The number of pyridine rings is 1. The van der Waals surface area contributed by atoms with Crippen LogP contribution in [0.25, 0.3) is 0 Å². The maximum Gasteiger partial charge on any atom is 0.276 e. The van der Waals surface area contributed by atoms with Gasteiger partial charge < -0.3 is 10.2 Å². The van der Waals surface area contributed by atoms with Crippen molar-refractivity contribution in [2.75, 3.05) is 0 Å². The van der Waals surface area contributed by atoms with Gasteiger partial charge in [-0.05, 0) is 11.6 Å². The summed E-state index contributed by atoms with van der Waals surface area (Å²) < 4.78 is 5.25. The third-order valence-corrected chi connectivity index (χ3v) is 3.04. The molecule has 0 atom stereocenters. The quantitative estimate of drug-likeness (QED) is 0.842. The Morgan fingerprint density at radius 1 is 1.44 bits per heavy atom. The van der Waals surface area contributed by atoms with E-state index in [1.807, 2.05) is 6.07 Å². The smallest absolute Gasteiger partial charge is 0.276 e. The molecular weight excluding hydrogens is 248 g/mol. The van der Waals surface area contributed by atoms with Gasteiger partial charge in [-0.2, -0.15) is 0 Å². The highest BCUT2D eigenvalue weighted by Crippen LogP contribution is 2.24. The fourth-order valence-electron chi connectivity index (χ4n) is 1.04. The Kier molecular flexibility index (Phi) is 3.76. The van der Waals surface area contributed by atoms with E-state index >= 15 is 0 Å². The largest absolute Gasteiger partial charge is 0.415 e. The molecule has 0 saturated carbocycles. The van der Waals surface area contributed by atoms with Crippen LogP contribution in [0.1, 0.15) is 11.5 Å².